The van der Waals surface area contributed by atoms with Crippen molar-refractivity contribution < 1.29 is 4.79 Å². The van der Waals surface area contributed by atoms with Gasteiger partial charge in [-0.15, -0.1) is 0 Å². The van der Waals surface area contributed by atoms with Gasteiger partial charge in [-0.3, -0.25) is 4.79 Å². The Kier molecular flexibility index (Phi) is 4.99. The first-order valence-corrected chi connectivity index (χ1v) is 6.24. The first-order valence-electron chi connectivity index (χ1n) is 5.48. The van der Waals surface area contributed by atoms with Crippen LogP contribution in [0, 0.1) is 0 Å². The van der Waals surface area contributed by atoms with Crippen LogP contribution in [0.15, 0.2) is 18.2 Å². The molecule has 1 aromatic carbocycles. The zero-order valence-corrected chi connectivity index (χ0v) is 11.8. The Bertz CT molecular complexity index is 410. The lowest BCUT2D eigenvalue weighted by Gasteiger charge is -2.19. The number of ketones is 1. The molecule has 94 valence electrons. The van der Waals surface area contributed by atoms with E-state index in [1.165, 1.54) is 0 Å². The molecule has 2 nitrogen and oxygen atoms in total. The molecule has 4 heteroatoms. The highest BCUT2D eigenvalue weighted by atomic mass is 35.5. The van der Waals surface area contributed by atoms with Crippen LogP contribution in [-0.4, -0.2) is 17.9 Å². The fraction of sp³-hybridized carbons (Fsp3) is 0.462. The third-order valence-corrected chi connectivity index (χ3v) is 2.94. The number of benzene rings is 1. The number of carbonyl (C=O) groups is 1. The van der Waals surface area contributed by atoms with E-state index in [1.54, 1.807) is 12.1 Å². The van der Waals surface area contributed by atoms with E-state index < -0.39 is 0 Å². The average molecular weight is 274 g/mol. The standard InChI is InChI=1S/C13H17Cl2NO/c1-13(2,3)16-8-10(17)6-9-4-5-11(14)12(15)7-9/h4-5,7,16H,6,8H2,1-3H3. The second-order valence-electron chi connectivity index (χ2n) is 5.07. The molecule has 0 aromatic heterocycles. The Balaban J connectivity index is 2.54. The Labute approximate surface area is 112 Å². The number of hydrogen-bond donors (Lipinski definition) is 1. The van der Waals surface area contributed by atoms with Gasteiger partial charge in [0.05, 0.1) is 16.6 Å². The lowest BCUT2D eigenvalue weighted by atomic mass is 10.1. The SMILES string of the molecule is CC(C)(C)NCC(=O)Cc1ccc(Cl)c(Cl)c1. The van der Waals surface area contributed by atoms with Crippen molar-refractivity contribution in [2.24, 2.45) is 0 Å². The normalized spacial score (nSPS) is 11.6. The third kappa shape index (κ3) is 5.53. The van der Waals surface area contributed by atoms with E-state index in [9.17, 15) is 4.79 Å². The van der Waals surface area contributed by atoms with Crippen molar-refractivity contribution in [3.8, 4) is 0 Å². The van der Waals surface area contributed by atoms with E-state index in [1.807, 2.05) is 26.8 Å². The van der Waals surface area contributed by atoms with Crippen molar-refractivity contribution in [1.82, 2.24) is 5.32 Å². The number of rotatable bonds is 4. The molecule has 0 radical (unpaired) electrons. The van der Waals surface area contributed by atoms with Gasteiger partial charge in [-0.05, 0) is 38.5 Å². The second kappa shape index (κ2) is 5.85. The molecule has 17 heavy (non-hydrogen) atoms. The topological polar surface area (TPSA) is 29.1 Å². The molecule has 0 aliphatic carbocycles. The van der Waals surface area contributed by atoms with E-state index in [-0.39, 0.29) is 11.3 Å². The molecular formula is C13H17Cl2NO. The minimum atomic E-state index is -0.0483. The van der Waals surface area contributed by atoms with E-state index in [2.05, 4.69) is 5.32 Å². The van der Waals surface area contributed by atoms with Crippen molar-refractivity contribution in [1.29, 1.82) is 0 Å². The molecule has 0 saturated heterocycles. The second-order valence-corrected chi connectivity index (χ2v) is 5.88. The maximum absolute atomic E-state index is 11.7. The van der Waals surface area contributed by atoms with Crippen molar-refractivity contribution in [3.05, 3.63) is 33.8 Å². The van der Waals surface area contributed by atoms with Gasteiger partial charge in [-0.25, -0.2) is 0 Å². The van der Waals surface area contributed by atoms with Crippen LogP contribution in [0.2, 0.25) is 10.0 Å². The quantitative estimate of drug-likeness (QED) is 0.910. The van der Waals surface area contributed by atoms with Crippen molar-refractivity contribution in [2.75, 3.05) is 6.54 Å². The van der Waals surface area contributed by atoms with Crippen LogP contribution >= 0.6 is 23.2 Å². The average Bonchev–Trinajstić information content (AvgIpc) is 2.20. The fourth-order valence-electron chi connectivity index (χ4n) is 1.30. The summed E-state index contributed by atoms with van der Waals surface area (Å²) in [5, 5.41) is 4.16. The Morgan fingerprint density at radius 3 is 2.41 bits per heavy atom. The van der Waals surface area contributed by atoms with Gasteiger partial charge >= 0.3 is 0 Å². The first kappa shape index (κ1) is 14.5. The third-order valence-electron chi connectivity index (χ3n) is 2.20. The van der Waals surface area contributed by atoms with E-state index in [0.717, 1.165) is 5.56 Å². The van der Waals surface area contributed by atoms with Crippen LogP contribution in [0.1, 0.15) is 26.3 Å². The number of halogens is 2. The molecule has 0 aliphatic heterocycles. The zero-order chi connectivity index (χ0) is 13.1. The summed E-state index contributed by atoms with van der Waals surface area (Å²) in [5.41, 5.74) is 0.841. The van der Waals surface area contributed by atoms with Gasteiger partial charge in [0, 0.05) is 12.0 Å². The highest BCUT2D eigenvalue weighted by Gasteiger charge is 2.12. The van der Waals surface area contributed by atoms with Crippen molar-refractivity contribution >= 4 is 29.0 Å². The van der Waals surface area contributed by atoms with E-state index in [4.69, 9.17) is 23.2 Å². The Morgan fingerprint density at radius 2 is 1.88 bits per heavy atom. The molecule has 0 heterocycles. The van der Waals surface area contributed by atoms with Gasteiger partial charge in [0.2, 0.25) is 0 Å². The molecule has 0 saturated carbocycles. The summed E-state index contributed by atoms with van der Waals surface area (Å²) in [6.07, 6.45) is 0.375. The molecule has 1 aromatic rings. The molecule has 0 spiro atoms. The zero-order valence-electron chi connectivity index (χ0n) is 10.3. The number of hydrogen-bond acceptors (Lipinski definition) is 2. The summed E-state index contributed by atoms with van der Waals surface area (Å²) in [4.78, 5) is 11.7. The maximum Gasteiger partial charge on any atom is 0.150 e. The minimum Gasteiger partial charge on any atom is -0.305 e. The Hall–Kier alpha value is -0.570. The fourth-order valence-corrected chi connectivity index (χ4v) is 1.62. The molecule has 0 unspecified atom stereocenters. The van der Waals surface area contributed by atoms with Crippen LogP contribution in [0.4, 0.5) is 0 Å². The van der Waals surface area contributed by atoms with Crippen LogP contribution in [0.5, 0.6) is 0 Å². The van der Waals surface area contributed by atoms with Gasteiger partial charge < -0.3 is 5.32 Å². The monoisotopic (exact) mass is 273 g/mol. The lowest BCUT2D eigenvalue weighted by Crippen LogP contribution is -2.39. The Morgan fingerprint density at radius 1 is 1.24 bits per heavy atom. The van der Waals surface area contributed by atoms with E-state index >= 15 is 0 Å². The molecule has 0 bridgehead atoms. The predicted molar refractivity (Wildman–Crippen MR) is 72.9 cm³/mol. The molecular weight excluding hydrogens is 257 g/mol. The van der Waals surface area contributed by atoms with Gasteiger partial charge in [-0.2, -0.15) is 0 Å². The molecule has 0 atom stereocenters. The summed E-state index contributed by atoms with van der Waals surface area (Å²) < 4.78 is 0. The van der Waals surface area contributed by atoms with Crippen LogP contribution in [0.25, 0.3) is 0 Å². The first-order chi connectivity index (χ1) is 7.78. The van der Waals surface area contributed by atoms with Crippen LogP contribution in [0.3, 0.4) is 0 Å². The molecule has 0 aliphatic rings. The summed E-state index contributed by atoms with van der Waals surface area (Å²) in [6, 6.07) is 5.27. The largest absolute Gasteiger partial charge is 0.305 e. The smallest absolute Gasteiger partial charge is 0.150 e. The van der Waals surface area contributed by atoms with Crippen LogP contribution in [-0.2, 0) is 11.2 Å². The minimum absolute atomic E-state index is 0.0483. The highest BCUT2D eigenvalue weighted by Crippen LogP contribution is 2.22. The van der Waals surface area contributed by atoms with Crippen molar-refractivity contribution in [3.63, 3.8) is 0 Å². The lowest BCUT2D eigenvalue weighted by molar-refractivity contribution is -0.117. The summed E-state index contributed by atoms with van der Waals surface area (Å²) in [7, 11) is 0. The molecule has 0 fully saturated rings. The highest BCUT2D eigenvalue weighted by molar-refractivity contribution is 6.42. The summed E-state index contributed by atoms with van der Waals surface area (Å²) >= 11 is 11.7. The van der Waals surface area contributed by atoms with Gasteiger partial charge in [0.1, 0.15) is 0 Å². The summed E-state index contributed by atoms with van der Waals surface area (Å²) in [5.74, 6) is 0.137. The molecule has 1 N–H and O–H groups in total. The van der Waals surface area contributed by atoms with Crippen molar-refractivity contribution in [2.45, 2.75) is 32.7 Å². The van der Waals surface area contributed by atoms with E-state index in [0.29, 0.717) is 23.0 Å². The maximum atomic E-state index is 11.7. The number of Topliss-reactive ketones (excluding diaryl/α,β-unsaturated/α-hetero) is 1. The number of carbonyl (C=O) groups excluding carboxylic acids is 1. The van der Waals surface area contributed by atoms with Gasteiger partial charge in [-0.1, -0.05) is 29.3 Å². The molecule has 1 rings (SSSR count). The van der Waals surface area contributed by atoms with Crippen LogP contribution < -0.4 is 5.32 Å². The predicted octanol–water partition coefficient (Wildman–Crippen LogP) is 3.49. The number of nitrogens with one attached hydrogen (secondary N) is 1. The van der Waals surface area contributed by atoms with Gasteiger partial charge in [0.25, 0.3) is 0 Å². The van der Waals surface area contributed by atoms with Gasteiger partial charge in [0.15, 0.2) is 5.78 Å². The summed E-state index contributed by atoms with van der Waals surface area (Å²) in [6.45, 7) is 6.45. The molecule has 0 amide bonds.